The number of hydrogen-bond acceptors (Lipinski definition) is 2. The van der Waals surface area contributed by atoms with Gasteiger partial charge in [-0.05, 0) is 94.0 Å². The molecule has 0 amide bonds. The van der Waals surface area contributed by atoms with Crippen LogP contribution in [0.5, 0.6) is 0 Å². The minimum Gasteiger partial charge on any atom is -0.252 e. The van der Waals surface area contributed by atoms with Crippen LogP contribution in [0.25, 0.3) is 87.3 Å². The fraction of sp³-hybridized carbons (Fsp3) is 0. The Kier molecular flexibility index (Phi) is 4.75. The number of fused-ring (bicyclic) bond motifs is 1. The van der Waals surface area contributed by atoms with Crippen LogP contribution in [0.3, 0.4) is 0 Å². The lowest BCUT2D eigenvalue weighted by atomic mass is 9.87. The van der Waals surface area contributed by atoms with Gasteiger partial charge in [0.1, 0.15) is 0 Å². The minimum atomic E-state index is 0.865. The maximum atomic E-state index is 5.19. The molecule has 0 atom stereocenters. The molecular formula is C42H24N2. The summed E-state index contributed by atoms with van der Waals surface area (Å²) in [6.45, 7) is 0. The van der Waals surface area contributed by atoms with Crippen molar-refractivity contribution < 1.29 is 0 Å². The van der Waals surface area contributed by atoms with Gasteiger partial charge in [-0.15, -0.1) is 0 Å². The molecule has 0 spiro atoms. The third kappa shape index (κ3) is 3.31. The van der Waals surface area contributed by atoms with Gasteiger partial charge in [-0.2, -0.15) is 0 Å². The first-order valence-corrected chi connectivity index (χ1v) is 15.1. The number of aromatic nitrogens is 2. The second-order valence-corrected chi connectivity index (χ2v) is 11.8. The summed E-state index contributed by atoms with van der Waals surface area (Å²) in [4.78, 5) is 10.0. The molecule has 1 aromatic heterocycles. The lowest BCUT2D eigenvalue weighted by Gasteiger charge is -2.17. The normalized spacial score (nSPS) is 12.7. The molecule has 9 aromatic carbocycles. The van der Waals surface area contributed by atoms with Crippen LogP contribution in [0.4, 0.5) is 0 Å². The average molecular weight is 557 g/mol. The molecule has 0 fully saturated rings. The molecule has 0 aliphatic carbocycles. The lowest BCUT2D eigenvalue weighted by molar-refractivity contribution is 1.25. The van der Waals surface area contributed by atoms with Crippen LogP contribution in [0.15, 0.2) is 140 Å². The molecule has 0 N–H and O–H groups in total. The lowest BCUT2D eigenvalue weighted by Crippen LogP contribution is -1.97. The van der Waals surface area contributed by atoms with Crippen molar-refractivity contribution in [3.63, 3.8) is 0 Å². The fourth-order valence-corrected chi connectivity index (χ4v) is 7.39. The summed E-state index contributed by atoms with van der Waals surface area (Å²) in [5.74, 6) is 0. The summed E-state index contributed by atoms with van der Waals surface area (Å²) in [5, 5.41) is 15.3. The Balaban J connectivity index is 1.32. The van der Waals surface area contributed by atoms with E-state index in [1.165, 1.54) is 70.2 Å². The zero-order valence-electron chi connectivity index (χ0n) is 23.8. The SMILES string of the molecule is C(=C(c1cnc2ccccc2n1)c1ccc2ccc3cccc4ccc1c2c34)c1ccc2ccc3cccc4ccc1c2c34. The van der Waals surface area contributed by atoms with E-state index in [1.54, 1.807) is 0 Å². The maximum absolute atomic E-state index is 5.19. The molecule has 0 saturated heterocycles. The van der Waals surface area contributed by atoms with E-state index in [0.717, 1.165) is 27.9 Å². The third-order valence-electron chi connectivity index (χ3n) is 9.41. The monoisotopic (exact) mass is 556 g/mol. The standard InChI is InChI=1S/C42H24N2/c1-2-10-37-36(9-1)43-24-38(44-37)35(33-21-18-30-14-12-26-6-4-8-28-19-22-34(33)42(30)40(26)28)23-31-16-15-29-13-11-25-5-3-7-27-17-20-32(31)41(29)39(25)27/h1-24H. The Labute approximate surface area is 253 Å². The van der Waals surface area contributed by atoms with E-state index >= 15 is 0 Å². The topological polar surface area (TPSA) is 25.8 Å². The first-order chi connectivity index (χ1) is 21.8. The first kappa shape index (κ1) is 23.7. The third-order valence-corrected chi connectivity index (χ3v) is 9.41. The van der Waals surface area contributed by atoms with Crippen molar-refractivity contribution in [1.29, 1.82) is 0 Å². The summed E-state index contributed by atoms with van der Waals surface area (Å²) in [5.41, 5.74) is 6.05. The van der Waals surface area contributed by atoms with Crippen molar-refractivity contribution >= 4 is 87.3 Å². The van der Waals surface area contributed by atoms with Crippen LogP contribution in [0.1, 0.15) is 16.8 Å². The second-order valence-electron chi connectivity index (χ2n) is 11.8. The van der Waals surface area contributed by atoms with E-state index in [0.29, 0.717) is 0 Å². The van der Waals surface area contributed by atoms with Gasteiger partial charge in [0.15, 0.2) is 0 Å². The van der Waals surface area contributed by atoms with E-state index in [4.69, 9.17) is 9.97 Å². The molecule has 0 bridgehead atoms. The summed E-state index contributed by atoms with van der Waals surface area (Å²) < 4.78 is 0. The Morgan fingerprint density at radius 3 is 1.64 bits per heavy atom. The molecule has 0 aliphatic heterocycles. The number of nitrogens with zero attached hydrogens (tertiary/aromatic N) is 2. The van der Waals surface area contributed by atoms with E-state index in [1.807, 2.05) is 30.5 Å². The highest BCUT2D eigenvalue weighted by atomic mass is 14.8. The molecule has 0 unspecified atom stereocenters. The Bertz CT molecular complexity index is 2740. The predicted molar refractivity (Wildman–Crippen MR) is 187 cm³/mol. The smallest absolute Gasteiger partial charge is 0.0899 e. The predicted octanol–water partition coefficient (Wildman–Crippen LogP) is 11.0. The van der Waals surface area contributed by atoms with Crippen molar-refractivity contribution in [1.82, 2.24) is 9.97 Å². The van der Waals surface area contributed by atoms with Crippen LogP contribution < -0.4 is 0 Å². The van der Waals surface area contributed by atoms with Crippen molar-refractivity contribution in [2.45, 2.75) is 0 Å². The molecule has 0 saturated carbocycles. The number of hydrogen-bond donors (Lipinski definition) is 0. The van der Waals surface area contributed by atoms with E-state index in [9.17, 15) is 0 Å². The molecule has 0 radical (unpaired) electrons. The Morgan fingerprint density at radius 2 is 0.955 bits per heavy atom. The van der Waals surface area contributed by atoms with Gasteiger partial charge in [0.25, 0.3) is 0 Å². The quantitative estimate of drug-likeness (QED) is 0.160. The van der Waals surface area contributed by atoms with Gasteiger partial charge in [-0.3, -0.25) is 4.98 Å². The van der Waals surface area contributed by atoms with E-state index < -0.39 is 0 Å². The summed E-state index contributed by atoms with van der Waals surface area (Å²) in [6, 6.07) is 48.3. The highest BCUT2D eigenvalue weighted by Gasteiger charge is 2.17. The van der Waals surface area contributed by atoms with Crippen LogP contribution in [0.2, 0.25) is 0 Å². The molecule has 10 rings (SSSR count). The van der Waals surface area contributed by atoms with Crippen molar-refractivity contribution in [3.8, 4) is 0 Å². The van der Waals surface area contributed by atoms with Crippen molar-refractivity contribution in [2.24, 2.45) is 0 Å². The van der Waals surface area contributed by atoms with E-state index in [-0.39, 0.29) is 0 Å². The first-order valence-electron chi connectivity index (χ1n) is 15.1. The molecule has 0 aliphatic rings. The Morgan fingerprint density at radius 1 is 0.432 bits per heavy atom. The fourth-order valence-electron chi connectivity index (χ4n) is 7.39. The molecule has 2 nitrogen and oxygen atoms in total. The highest BCUT2D eigenvalue weighted by Crippen LogP contribution is 2.41. The number of para-hydroxylation sites is 2. The number of rotatable bonds is 3. The Hall–Kier alpha value is -5.86. The van der Waals surface area contributed by atoms with Gasteiger partial charge in [0, 0.05) is 5.57 Å². The van der Waals surface area contributed by atoms with E-state index in [2.05, 4.69) is 115 Å². The molecule has 2 heteroatoms. The van der Waals surface area contributed by atoms with Gasteiger partial charge in [0.05, 0.1) is 22.9 Å². The largest absolute Gasteiger partial charge is 0.252 e. The van der Waals surface area contributed by atoms with Crippen LogP contribution in [-0.4, -0.2) is 9.97 Å². The van der Waals surface area contributed by atoms with Crippen LogP contribution in [0, 0.1) is 0 Å². The molecule has 1 heterocycles. The van der Waals surface area contributed by atoms with Crippen molar-refractivity contribution in [2.75, 3.05) is 0 Å². The van der Waals surface area contributed by atoms with Gasteiger partial charge >= 0.3 is 0 Å². The second kappa shape index (κ2) is 8.82. The zero-order valence-corrected chi connectivity index (χ0v) is 23.8. The maximum Gasteiger partial charge on any atom is 0.0899 e. The minimum absolute atomic E-state index is 0.865. The highest BCUT2D eigenvalue weighted by molar-refractivity contribution is 6.27. The summed E-state index contributed by atoms with van der Waals surface area (Å²) in [7, 11) is 0. The molecule has 44 heavy (non-hydrogen) atoms. The summed E-state index contributed by atoms with van der Waals surface area (Å²) >= 11 is 0. The van der Waals surface area contributed by atoms with Crippen LogP contribution in [-0.2, 0) is 0 Å². The molecular weight excluding hydrogens is 532 g/mol. The van der Waals surface area contributed by atoms with Crippen LogP contribution >= 0.6 is 0 Å². The van der Waals surface area contributed by atoms with Gasteiger partial charge < -0.3 is 0 Å². The van der Waals surface area contributed by atoms with Gasteiger partial charge in [0.2, 0.25) is 0 Å². The molecule has 202 valence electrons. The number of benzene rings is 9. The molecule has 10 aromatic rings. The summed E-state index contributed by atoms with van der Waals surface area (Å²) in [6.07, 6.45) is 4.26. The zero-order chi connectivity index (χ0) is 28.8. The average Bonchev–Trinajstić information content (AvgIpc) is 3.09. The van der Waals surface area contributed by atoms with Gasteiger partial charge in [-0.25, -0.2) is 4.98 Å². The van der Waals surface area contributed by atoms with Gasteiger partial charge in [-0.1, -0.05) is 121 Å². The van der Waals surface area contributed by atoms with Crippen molar-refractivity contribution in [3.05, 3.63) is 156 Å².